The van der Waals surface area contributed by atoms with Gasteiger partial charge in [0.2, 0.25) is 0 Å². The third-order valence-corrected chi connectivity index (χ3v) is 24.3. The van der Waals surface area contributed by atoms with Crippen LogP contribution in [0.5, 0.6) is 51.7 Å². The van der Waals surface area contributed by atoms with Crippen molar-refractivity contribution in [1.82, 2.24) is 47.9 Å². The van der Waals surface area contributed by atoms with Crippen molar-refractivity contribution in [3.05, 3.63) is 304 Å². The fraction of sp³-hybridized carbons (Fsp3) is 0.487. The molecule has 0 heterocycles. The smallest absolute Gasteiger partial charge is 0.120 e. The van der Waals surface area contributed by atoms with Crippen LogP contribution in [-0.4, -0.2) is 106 Å². The second-order valence-electron chi connectivity index (χ2n) is 35.9. The number of hydrogen-bond donors (Lipinski definition) is 19. The van der Waals surface area contributed by atoms with Crippen molar-refractivity contribution in [3.63, 3.8) is 0 Å². The molecule has 19 N–H and O–H groups in total. The van der Waals surface area contributed by atoms with Gasteiger partial charge in [0.15, 0.2) is 0 Å². The Hall–Kier alpha value is -10.0. The van der Waals surface area contributed by atoms with Crippen molar-refractivity contribution in [2.45, 2.75) is 348 Å². The number of phenolic OH excluding ortho intramolecular Hbond substituents is 9. The van der Waals surface area contributed by atoms with E-state index >= 15 is 0 Å². The van der Waals surface area contributed by atoms with E-state index in [2.05, 4.69) is 197 Å². The molecule has 19 nitrogen and oxygen atoms in total. The first kappa shape index (κ1) is 122. The molecule has 0 saturated carbocycles. The van der Waals surface area contributed by atoms with Gasteiger partial charge < -0.3 is 98.9 Å². The van der Waals surface area contributed by atoms with Crippen molar-refractivity contribution >= 4 is 0 Å². The molecule has 754 valence electrons. The van der Waals surface area contributed by atoms with Gasteiger partial charge in [-0.1, -0.05) is 338 Å². The molecule has 0 saturated heterocycles. The number of unbranched alkanes of at least 4 members (excludes halogenated alkanes) is 1. The van der Waals surface area contributed by atoms with E-state index < -0.39 is 0 Å². The maximum absolute atomic E-state index is 9.73. The first-order valence-corrected chi connectivity index (χ1v) is 50.8. The largest absolute Gasteiger partial charge is 0.508 e. The van der Waals surface area contributed by atoms with Crippen molar-refractivity contribution in [2.75, 3.05) is 6.54 Å². The number of aliphatic hydroxyl groups excluding tert-OH is 1. The number of aliphatic hydroxyl groups is 1. The van der Waals surface area contributed by atoms with Gasteiger partial charge in [0.25, 0.3) is 0 Å². The minimum atomic E-state index is -0.356. The van der Waals surface area contributed by atoms with Gasteiger partial charge in [0.1, 0.15) is 51.7 Å². The molecule has 19 heteroatoms. The minimum absolute atomic E-state index is 0.292. The normalized spacial score (nSPS) is 12.8. The average Bonchev–Trinajstić information content (AvgIpc) is 0.886. The van der Waals surface area contributed by atoms with E-state index in [1.807, 2.05) is 164 Å². The van der Waals surface area contributed by atoms with Crippen molar-refractivity contribution in [3.8, 4) is 51.7 Å². The summed E-state index contributed by atoms with van der Waals surface area (Å²) in [5, 5.41) is 126. The first-order valence-electron chi connectivity index (χ1n) is 50.8. The molecule has 136 heavy (non-hydrogen) atoms. The number of nitrogens with one attached hydrogen (secondary N) is 9. The van der Waals surface area contributed by atoms with Crippen LogP contribution in [0, 0.1) is 17.8 Å². The van der Waals surface area contributed by atoms with Crippen LogP contribution in [0.2, 0.25) is 0 Å². The highest BCUT2D eigenvalue weighted by Crippen LogP contribution is 2.26. The predicted octanol–water partition coefficient (Wildman–Crippen LogP) is 25.5. The van der Waals surface area contributed by atoms with Gasteiger partial charge in [-0.25, -0.2) is 0 Å². The Labute approximate surface area is 822 Å². The molecule has 10 aromatic carbocycles. The zero-order chi connectivity index (χ0) is 101. The van der Waals surface area contributed by atoms with Crippen LogP contribution in [0.1, 0.15) is 296 Å². The van der Waals surface area contributed by atoms with Crippen LogP contribution in [-0.2, 0) is 58.9 Å². The van der Waals surface area contributed by atoms with Gasteiger partial charge in [-0.05, 0) is 169 Å². The Morgan fingerprint density at radius 2 is 0.522 bits per heavy atom. The Morgan fingerprint density at radius 3 is 0.794 bits per heavy atom. The van der Waals surface area contributed by atoms with Crippen LogP contribution in [0.3, 0.4) is 0 Å². The number of hydrogen-bond acceptors (Lipinski definition) is 19. The first-order chi connectivity index (χ1) is 65.5. The van der Waals surface area contributed by atoms with E-state index in [1.165, 1.54) is 50.5 Å². The van der Waals surface area contributed by atoms with E-state index in [0.29, 0.717) is 137 Å². The summed E-state index contributed by atoms with van der Waals surface area (Å²) in [4.78, 5) is 0. The maximum atomic E-state index is 9.73. The van der Waals surface area contributed by atoms with Gasteiger partial charge in [-0.2, -0.15) is 0 Å². The molecule has 0 bridgehead atoms. The Bertz CT molecular complexity index is 4570. The maximum Gasteiger partial charge on any atom is 0.120 e. The van der Waals surface area contributed by atoms with Gasteiger partial charge in [-0.3, -0.25) is 0 Å². The van der Waals surface area contributed by atoms with E-state index in [4.69, 9.17) is 5.11 Å². The minimum Gasteiger partial charge on any atom is -0.508 e. The molecule has 0 aliphatic rings. The van der Waals surface area contributed by atoms with E-state index in [0.717, 1.165) is 154 Å². The quantitative estimate of drug-likeness (QED) is 0.0168. The average molecular weight is 1870 g/mol. The molecule has 1 unspecified atom stereocenters. The highest BCUT2D eigenvalue weighted by Gasteiger charge is 2.17. The molecule has 10 aromatic rings. The lowest BCUT2D eigenvalue weighted by molar-refractivity contribution is 0.191. The summed E-state index contributed by atoms with van der Waals surface area (Å²) in [6.07, 6.45) is 18.2. The van der Waals surface area contributed by atoms with Crippen LogP contribution >= 0.6 is 0 Å². The third kappa shape index (κ3) is 54.2. The Balaban J connectivity index is 0.000000518. The molecule has 10 rings (SSSR count). The summed E-state index contributed by atoms with van der Waals surface area (Å²) in [5.41, 5.74) is 9.89. The predicted molar refractivity (Wildman–Crippen MR) is 573 cm³/mol. The zero-order valence-corrected chi connectivity index (χ0v) is 86.5. The molecular formula is C117H181N9O10. The summed E-state index contributed by atoms with van der Waals surface area (Å²) in [6.45, 7) is 48.3. The number of aromatic hydroxyl groups is 9. The number of rotatable bonds is 48. The van der Waals surface area contributed by atoms with Crippen molar-refractivity contribution in [1.29, 1.82) is 0 Å². The molecule has 0 spiro atoms. The molecule has 0 aromatic heterocycles. The Morgan fingerprint density at radius 1 is 0.243 bits per heavy atom. The SMILES string of the molecule is CCC(C)[C@@H](CC)NCc1ccccc1O.CCC(CC)NCc1ccccc1O.CCCC[C@@H](CC)NCc1ccccc1O.CCC[C@@H](CC)NCc1ccccc1O.CC[C@@H](NCc1ccccc1O)C(C)C.CC[C@@H](NCc1ccccc1O)c1ccccc1.CC[C@H](C)NCc1ccccc1O.CC[C@H](CC(C)C)NCc1ccccc1O.C[C@@H](O)CNCc1ccccc1O. The van der Waals surface area contributed by atoms with Crippen LogP contribution in [0.25, 0.3) is 0 Å². The second kappa shape index (κ2) is 76.0. The highest BCUT2D eigenvalue weighted by atomic mass is 16.3. The number of phenols is 9. The summed E-state index contributed by atoms with van der Waals surface area (Å²) in [5.74, 6) is 5.33. The molecular weight excluding hydrogens is 1690 g/mol. The highest BCUT2D eigenvalue weighted by molar-refractivity contribution is 5.38. The zero-order valence-electron chi connectivity index (χ0n) is 86.5. The molecule has 0 aliphatic heterocycles. The van der Waals surface area contributed by atoms with Gasteiger partial charge >= 0.3 is 0 Å². The fourth-order valence-electron chi connectivity index (χ4n) is 14.8. The summed E-state index contributed by atoms with van der Waals surface area (Å²) in [7, 11) is 0. The lowest BCUT2D eigenvalue weighted by atomic mass is 9.97. The van der Waals surface area contributed by atoms with E-state index in [9.17, 15) is 46.0 Å². The second-order valence-corrected chi connectivity index (χ2v) is 35.9. The monoisotopic (exact) mass is 1870 g/mol. The molecule has 0 aliphatic carbocycles. The molecule has 0 radical (unpaired) electrons. The molecule has 0 amide bonds. The summed E-state index contributed by atoms with van der Waals surface area (Å²) >= 11 is 0. The lowest BCUT2D eigenvalue weighted by Gasteiger charge is -2.23. The van der Waals surface area contributed by atoms with E-state index in [1.54, 1.807) is 67.6 Å². The van der Waals surface area contributed by atoms with Crippen LogP contribution in [0.4, 0.5) is 0 Å². The van der Waals surface area contributed by atoms with Gasteiger partial charge in [-0.15, -0.1) is 0 Å². The summed E-state index contributed by atoms with van der Waals surface area (Å²) in [6, 6.07) is 81.5. The van der Waals surface area contributed by atoms with Crippen molar-refractivity contribution in [2.24, 2.45) is 17.8 Å². The topological polar surface area (TPSA) is 311 Å². The lowest BCUT2D eigenvalue weighted by Crippen LogP contribution is -2.33. The van der Waals surface area contributed by atoms with Gasteiger partial charge in [0.05, 0.1) is 6.10 Å². The number of para-hydroxylation sites is 9. The third-order valence-electron chi connectivity index (χ3n) is 24.3. The Kier molecular flexibility index (Phi) is 68.2. The van der Waals surface area contributed by atoms with E-state index in [-0.39, 0.29) is 6.10 Å². The van der Waals surface area contributed by atoms with Crippen LogP contribution in [0.15, 0.2) is 249 Å². The molecule has 9 atom stereocenters. The number of benzene rings is 10. The summed E-state index contributed by atoms with van der Waals surface area (Å²) < 4.78 is 0. The fourth-order valence-corrected chi connectivity index (χ4v) is 14.8. The van der Waals surface area contributed by atoms with Crippen molar-refractivity contribution < 1.29 is 51.1 Å². The van der Waals surface area contributed by atoms with Crippen LogP contribution < -0.4 is 47.9 Å². The van der Waals surface area contributed by atoms with Gasteiger partial charge in [0, 0.05) is 164 Å². The standard InChI is InChI=1S/C16H19NO.3C14H23NO.2C13H21NO.C12H19NO.C11H17NO.C10H15NO2/c1-2-15(13-8-4-3-5-9-13)17-12-14-10-6-7-11-16(14)18;1-4-13(9-11(2)3)15-10-12-7-5-6-8-14(12)16;1-4-11(3)13(5-2)15-10-12-8-6-7-9-14(12)16;1-3-5-9-13(4-2)15-11-12-8-6-7-10-14(12)16;1-4-12(10(2)3)14-9-11-7-5-6-8-13(11)15;1-3-7-12(4-2)14-10-11-8-5-6-9-13(11)15;1-3-11(4-2)13-9-10-7-5-6-8-12(10)14;1-3-9(2)12-8-10-6-4-5-7-11(10)13;1-8(12)6-11-7-9-4-2-3-5-10(9)13/h3-11,15,17-18H,2,12H2,1H3;5-8,11,13,15-16H,4,9-10H2,1-3H3;6-9,11,13,15-16H,4-5,10H2,1-3H3;6-8,10,13,15-16H,3-5,9,11H2,1-2H3;5-8,10,12,14-15H,4,9H2,1-3H3;5-6,8-9,12,14-15H,3-4,7,10H2,1-2H3;5-8,11,13-14H,3-4,9H2,1-2H3;4-7,9,12-13H,3,8H2,1-2H3;2-5,8,11-13H,6-7H2,1H3/t15-;13-;11?,13-;13-;2*12-;;9-;8-/m111111.01/s1. The molecule has 0 fully saturated rings.